The lowest BCUT2D eigenvalue weighted by molar-refractivity contribution is 0.227. The fraction of sp³-hybridized carbons (Fsp3) is 0.440. The number of nitrogens with zero attached hydrogens (tertiary/aromatic N) is 3. The lowest BCUT2D eigenvalue weighted by Crippen LogP contribution is -2.18. The van der Waals surface area contributed by atoms with Gasteiger partial charge >= 0.3 is 0 Å². The molecule has 2 aromatic carbocycles. The molecule has 6 nitrogen and oxygen atoms in total. The van der Waals surface area contributed by atoms with Crippen LogP contribution in [0.2, 0.25) is 5.02 Å². The molecule has 1 aliphatic heterocycles. The van der Waals surface area contributed by atoms with E-state index in [9.17, 15) is 4.39 Å². The van der Waals surface area contributed by atoms with Gasteiger partial charge in [0.05, 0.1) is 24.9 Å². The number of hydrogen-bond acceptors (Lipinski definition) is 6. The van der Waals surface area contributed by atoms with Crippen LogP contribution in [-0.4, -0.2) is 48.7 Å². The first kappa shape index (κ1) is 22.2. The molecule has 174 valence electrons. The van der Waals surface area contributed by atoms with Crippen molar-refractivity contribution in [2.24, 2.45) is 17.8 Å². The molecule has 33 heavy (non-hydrogen) atoms. The largest absolute Gasteiger partial charge is 0.493 e. The number of rotatable bonds is 6. The van der Waals surface area contributed by atoms with E-state index in [1.54, 1.807) is 26.2 Å². The van der Waals surface area contributed by atoms with Crippen LogP contribution in [0.15, 0.2) is 30.6 Å². The second-order valence-electron chi connectivity index (χ2n) is 9.29. The van der Waals surface area contributed by atoms with Crippen LogP contribution < -0.4 is 14.8 Å². The molecule has 2 heterocycles. The molecule has 1 N–H and O–H groups in total. The highest BCUT2D eigenvalue weighted by atomic mass is 35.5. The molecule has 0 amide bonds. The Labute approximate surface area is 198 Å². The van der Waals surface area contributed by atoms with E-state index in [-0.39, 0.29) is 0 Å². The van der Waals surface area contributed by atoms with Crippen molar-refractivity contribution in [1.29, 1.82) is 0 Å². The van der Waals surface area contributed by atoms with Crippen molar-refractivity contribution >= 4 is 34.0 Å². The third-order valence-corrected chi connectivity index (χ3v) is 7.41. The van der Waals surface area contributed by atoms with Gasteiger partial charge in [-0.25, -0.2) is 14.4 Å². The van der Waals surface area contributed by atoms with Gasteiger partial charge in [0, 0.05) is 35.1 Å². The lowest BCUT2D eigenvalue weighted by Gasteiger charge is -2.18. The first-order chi connectivity index (χ1) is 15.9. The minimum absolute atomic E-state index is 0.300. The van der Waals surface area contributed by atoms with E-state index >= 15 is 0 Å². The van der Waals surface area contributed by atoms with Crippen molar-refractivity contribution in [3.63, 3.8) is 0 Å². The molecular formula is C25H28ClFN4O2. The zero-order chi connectivity index (χ0) is 23.1. The van der Waals surface area contributed by atoms with E-state index in [0.29, 0.717) is 57.0 Å². The summed E-state index contributed by atoms with van der Waals surface area (Å²) in [5.41, 5.74) is 1.38. The van der Waals surface area contributed by atoms with Gasteiger partial charge in [0.15, 0.2) is 17.3 Å². The monoisotopic (exact) mass is 470 g/mol. The van der Waals surface area contributed by atoms with Crippen LogP contribution >= 0.6 is 11.6 Å². The van der Waals surface area contributed by atoms with Crippen molar-refractivity contribution in [2.45, 2.75) is 19.8 Å². The molecule has 0 unspecified atom stereocenters. The summed E-state index contributed by atoms with van der Waals surface area (Å²) in [5, 5.41) is 4.17. The second kappa shape index (κ2) is 8.95. The number of anilines is 2. The molecule has 0 radical (unpaired) electrons. The summed E-state index contributed by atoms with van der Waals surface area (Å²) < 4.78 is 26.5. The molecule has 1 aliphatic carbocycles. The Hall–Kier alpha value is -2.64. The zero-order valence-corrected chi connectivity index (χ0v) is 19.8. The number of likely N-dealkylation sites (tertiary alicyclic amines) is 1. The summed E-state index contributed by atoms with van der Waals surface area (Å²) >= 11 is 6.03. The Balaban J connectivity index is 1.37. The first-order valence-corrected chi connectivity index (χ1v) is 11.7. The summed E-state index contributed by atoms with van der Waals surface area (Å²) in [5.74, 6) is 3.49. The van der Waals surface area contributed by atoms with E-state index < -0.39 is 5.82 Å². The van der Waals surface area contributed by atoms with Crippen molar-refractivity contribution in [3.8, 4) is 11.5 Å². The fourth-order valence-corrected chi connectivity index (χ4v) is 5.47. The van der Waals surface area contributed by atoms with Crippen molar-refractivity contribution in [2.75, 3.05) is 39.2 Å². The zero-order valence-electron chi connectivity index (χ0n) is 19.1. The number of methoxy groups -OCH3 is 1. The van der Waals surface area contributed by atoms with Crippen molar-refractivity contribution in [1.82, 2.24) is 14.9 Å². The molecule has 2 fully saturated rings. The number of ether oxygens (including phenoxy) is 2. The van der Waals surface area contributed by atoms with Crippen LogP contribution in [0, 0.1) is 30.5 Å². The van der Waals surface area contributed by atoms with Gasteiger partial charge in [0.1, 0.15) is 12.1 Å². The molecule has 5 rings (SSSR count). The van der Waals surface area contributed by atoms with Crippen LogP contribution in [0.25, 0.3) is 10.9 Å². The van der Waals surface area contributed by atoms with Gasteiger partial charge in [0.25, 0.3) is 0 Å². The van der Waals surface area contributed by atoms with Gasteiger partial charge < -0.3 is 19.7 Å². The SMILES string of the molecule is COc1cc2c(Nc3ccc(Cl)c(C)c3F)ncnc2cc1OC[C@H]1C[C@@H]2CN(C)C[C@@H]2C1. The summed E-state index contributed by atoms with van der Waals surface area (Å²) in [4.78, 5) is 11.2. The minimum atomic E-state index is -0.409. The van der Waals surface area contributed by atoms with E-state index in [1.165, 1.54) is 32.3 Å². The maximum atomic E-state index is 14.7. The standard InChI is InChI=1S/C25H28ClFN4O2/c1-14-19(26)4-5-20(24(14)27)30-25-18-8-22(32-3)23(9-21(18)28-13-29-25)33-12-15-6-16-10-31(2)11-17(16)7-15/h4-5,8-9,13,15-17H,6-7,10-12H2,1-3H3,(H,28,29,30)/t15-,16+,17-. The van der Waals surface area contributed by atoms with E-state index in [2.05, 4.69) is 27.2 Å². The molecule has 3 aromatic rings. The lowest BCUT2D eigenvalue weighted by atomic mass is 10.0. The number of fused-ring (bicyclic) bond motifs is 2. The van der Waals surface area contributed by atoms with Gasteiger partial charge in [-0.05, 0) is 62.8 Å². The highest BCUT2D eigenvalue weighted by Crippen LogP contribution is 2.42. The fourth-order valence-electron chi connectivity index (χ4n) is 5.33. The number of benzene rings is 2. The molecule has 1 saturated carbocycles. The molecular weight excluding hydrogens is 443 g/mol. The molecule has 8 heteroatoms. The molecule has 1 saturated heterocycles. The highest BCUT2D eigenvalue weighted by Gasteiger charge is 2.39. The minimum Gasteiger partial charge on any atom is -0.493 e. The predicted molar refractivity (Wildman–Crippen MR) is 128 cm³/mol. The second-order valence-corrected chi connectivity index (χ2v) is 9.70. The van der Waals surface area contributed by atoms with Gasteiger partial charge in [0.2, 0.25) is 0 Å². The number of hydrogen-bond donors (Lipinski definition) is 1. The Morgan fingerprint density at radius 1 is 1.15 bits per heavy atom. The smallest absolute Gasteiger partial charge is 0.163 e. The summed E-state index contributed by atoms with van der Waals surface area (Å²) in [6, 6.07) is 6.97. The predicted octanol–water partition coefficient (Wildman–Crippen LogP) is 5.45. The molecule has 2 aliphatic rings. The maximum absolute atomic E-state index is 14.7. The van der Waals surface area contributed by atoms with E-state index in [0.717, 1.165) is 11.8 Å². The number of aromatic nitrogens is 2. The third kappa shape index (κ3) is 4.32. The van der Waals surface area contributed by atoms with Crippen LogP contribution in [0.1, 0.15) is 18.4 Å². The van der Waals surface area contributed by atoms with Crippen molar-refractivity contribution < 1.29 is 13.9 Å². The highest BCUT2D eigenvalue weighted by molar-refractivity contribution is 6.31. The molecule has 1 aromatic heterocycles. The van der Waals surface area contributed by atoms with Crippen LogP contribution in [0.4, 0.5) is 15.9 Å². The van der Waals surface area contributed by atoms with Crippen LogP contribution in [-0.2, 0) is 0 Å². The third-order valence-electron chi connectivity index (χ3n) is 7.00. The molecule has 3 atom stereocenters. The number of nitrogens with one attached hydrogen (secondary N) is 1. The maximum Gasteiger partial charge on any atom is 0.163 e. The summed E-state index contributed by atoms with van der Waals surface area (Å²) in [6.07, 6.45) is 3.89. The quantitative estimate of drug-likeness (QED) is 0.517. The Bertz CT molecular complexity index is 1180. The molecule has 0 spiro atoms. The topological polar surface area (TPSA) is 59.5 Å². The van der Waals surface area contributed by atoms with Crippen LogP contribution in [0.3, 0.4) is 0 Å². The average Bonchev–Trinajstić information content (AvgIpc) is 3.34. The summed E-state index contributed by atoms with van der Waals surface area (Å²) in [7, 11) is 3.82. The van der Waals surface area contributed by atoms with Gasteiger partial charge in [-0.2, -0.15) is 0 Å². The first-order valence-electron chi connectivity index (χ1n) is 11.3. The van der Waals surface area contributed by atoms with E-state index in [1.807, 2.05) is 12.1 Å². The normalized spacial score (nSPS) is 22.5. The number of halogens is 2. The van der Waals surface area contributed by atoms with Gasteiger partial charge in [-0.15, -0.1) is 0 Å². The van der Waals surface area contributed by atoms with Gasteiger partial charge in [-0.1, -0.05) is 11.6 Å². The van der Waals surface area contributed by atoms with Gasteiger partial charge in [-0.3, -0.25) is 0 Å². The Morgan fingerprint density at radius 3 is 2.64 bits per heavy atom. The Morgan fingerprint density at radius 2 is 1.91 bits per heavy atom. The Kier molecular flexibility index (Phi) is 6.01. The average molecular weight is 471 g/mol. The molecule has 0 bridgehead atoms. The van der Waals surface area contributed by atoms with Crippen molar-refractivity contribution in [3.05, 3.63) is 47.0 Å². The van der Waals surface area contributed by atoms with E-state index in [4.69, 9.17) is 21.1 Å². The summed E-state index contributed by atoms with van der Waals surface area (Å²) in [6.45, 7) is 4.70. The van der Waals surface area contributed by atoms with Crippen LogP contribution in [0.5, 0.6) is 11.5 Å².